The standard InChI is InChI=1S/C25H28ClN3O3.C2HF3O2/c26-22-8-4-3-7-21(22)24(31)28-20-11-9-18(10-12-20)25(32)29-15-13-17(14-16-29)23(30)27-19-5-1-2-6-19;3-2(4,5)1(6)7/h3-4,7-12,17,19H,1-2,5-6,13-16H2,(H,27,30)(H,28,31);(H,6,7). The van der Waals surface area contributed by atoms with Crippen molar-refractivity contribution in [2.24, 2.45) is 5.92 Å². The highest BCUT2D eigenvalue weighted by molar-refractivity contribution is 6.34. The number of nitrogens with zero attached hydrogens (tertiary/aromatic N) is 1. The van der Waals surface area contributed by atoms with Crippen LogP contribution in [-0.2, 0) is 9.59 Å². The third-order valence-electron chi connectivity index (χ3n) is 6.61. The Hall–Kier alpha value is -3.60. The molecule has 12 heteroatoms. The van der Waals surface area contributed by atoms with Crippen molar-refractivity contribution in [2.75, 3.05) is 18.4 Å². The summed E-state index contributed by atoms with van der Waals surface area (Å²) in [5.74, 6) is -2.98. The number of carboxylic acids is 1. The lowest BCUT2D eigenvalue weighted by atomic mass is 9.95. The van der Waals surface area contributed by atoms with E-state index in [2.05, 4.69) is 10.6 Å². The van der Waals surface area contributed by atoms with Crippen molar-refractivity contribution >= 4 is 41.0 Å². The lowest BCUT2D eigenvalue weighted by Gasteiger charge is -2.32. The van der Waals surface area contributed by atoms with E-state index in [1.54, 1.807) is 53.4 Å². The number of carboxylic acid groups (broad SMARTS) is 1. The largest absolute Gasteiger partial charge is 0.490 e. The Labute approximate surface area is 228 Å². The second kappa shape index (κ2) is 13.5. The molecule has 2 aliphatic rings. The summed E-state index contributed by atoms with van der Waals surface area (Å²) in [5, 5.41) is 13.5. The van der Waals surface area contributed by atoms with E-state index in [4.69, 9.17) is 21.5 Å². The molecular formula is C27H29ClF3N3O5. The van der Waals surface area contributed by atoms with E-state index in [1.165, 1.54) is 12.8 Å². The Bertz CT molecular complexity index is 1180. The molecule has 39 heavy (non-hydrogen) atoms. The number of halogens is 4. The molecular weight excluding hydrogens is 539 g/mol. The minimum atomic E-state index is -5.08. The number of amides is 3. The molecule has 3 N–H and O–H groups in total. The normalized spacial score (nSPS) is 16.2. The predicted octanol–water partition coefficient (Wildman–Crippen LogP) is 5.14. The molecule has 0 radical (unpaired) electrons. The smallest absolute Gasteiger partial charge is 0.475 e. The van der Waals surface area contributed by atoms with Crippen LogP contribution in [0.15, 0.2) is 48.5 Å². The molecule has 210 valence electrons. The fourth-order valence-electron chi connectivity index (χ4n) is 4.46. The molecule has 1 heterocycles. The summed E-state index contributed by atoms with van der Waals surface area (Å²) >= 11 is 6.07. The van der Waals surface area contributed by atoms with Gasteiger partial charge in [-0.25, -0.2) is 4.79 Å². The van der Waals surface area contributed by atoms with Gasteiger partial charge in [0.2, 0.25) is 5.91 Å². The molecule has 8 nitrogen and oxygen atoms in total. The Balaban J connectivity index is 0.000000532. The molecule has 1 saturated heterocycles. The van der Waals surface area contributed by atoms with Gasteiger partial charge in [0.05, 0.1) is 10.6 Å². The van der Waals surface area contributed by atoms with Gasteiger partial charge in [-0.15, -0.1) is 0 Å². The highest BCUT2D eigenvalue weighted by Gasteiger charge is 2.38. The molecule has 1 aliphatic heterocycles. The van der Waals surface area contributed by atoms with Crippen molar-refractivity contribution in [3.05, 3.63) is 64.7 Å². The SMILES string of the molecule is O=C(Nc1ccc(C(=O)N2CCC(C(=O)NC3CCCC3)CC2)cc1)c1ccccc1Cl.O=C(O)C(F)(F)F. The van der Waals surface area contributed by atoms with Crippen LogP contribution in [0, 0.1) is 5.92 Å². The number of piperidine rings is 1. The van der Waals surface area contributed by atoms with Crippen molar-refractivity contribution in [3.63, 3.8) is 0 Å². The van der Waals surface area contributed by atoms with Gasteiger partial charge >= 0.3 is 12.1 Å². The average Bonchev–Trinajstić information content (AvgIpc) is 3.42. The number of aliphatic carboxylic acids is 1. The van der Waals surface area contributed by atoms with Crippen LogP contribution in [0.25, 0.3) is 0 Å². The van der Waals surface area contributed by atoms with Crippen LogP contribution >= 0.6 is 11.6 Å². The molecule has 1 saturated carbocycles. The van der Waals surface area contributed by atoms with Crippen LogP contribution in [0.3, 0.4) is 0 Å². The maximum Gasteiger partial charge on any atom is 0.490 e. The van der Waals surface area contributed by atoms with E-state index in [9.17, 15) is 27.6 Å². The number of benzene rings is 2. The number of nitrogens with one attached hydrogen (secondary N) is 2. The minimum absolute atomic E-state index is 0.0120. The van der Waals surface area contributed by atoms with E-state index < -0.39 is 12.1 Å². The van der Waals surface area contributed by atoms with E-state index in [0.29, 0.717) is 53.8 Å². The van der Waals surface area contributed by atoms with Crippen molar-refractivity contribution < 1.29 is 37.5 Å². The Morgan fingerprint density at radius 2 is 1.46 bits per heavy atom. The highest BCUT2D eigenvalue weighted by atomic mass is 35.5. The summed E-state index contributed by atoms with van der Waals surface area (Å²) in [6.07, 6.45) is 0.850. The van der Waals surface area contributed by atoms with Crippen LogP contribution in [-0.4, -0.2) is 59.0 Å². The van der Waals surface area contributed by atoms with Gasteiger partial charge in [-0.2, -0.15) is 13.2 Å². The molecule has 0 spiro atoms. The van der Waals surface area contributed by atoms with Crippen LogP contribution in [0.1, 0.15) is 59.2 Å². The first kappa shape index (κ1) is 29.9. The number of likely N-dealkylation sites (tertiary alicyclic amines) is 1. The van der Waals surface area contributed by atoms with Gasteiger partial charge in [0.1, 0.15) is 0 Å². The minimum Gasteiger partial charge on any atom is -0.475 e. The van der Waals surface area contributed by atoms with Crippen LogP contribution in [0.2, 0.25) is 5.02 Å². The summed E-state index contributed by atoms with van der Waals surface area (Å²) in [6, 6.07) is 14.0. The van der Waals surface area contributed by atoms with E-state index in [1.807, 2.05) is 0 Å². The Kier molecular flexibility index (Phi) is 10.3. The molecule has 0 bridgehead atoms. The first-order chi connectivity index (χ1) is 18.5. The van der Waals surface area contributed by atoms with Gasteiger partial charge in [0.25, 0.3) is 11.8 Å². The van der Waals surface area contributed by atoms with E-state index >= 15 is 0 Å². The van der Waals surface area contributed by atoms with Crippen molar-refractivity contribution in [1.29, 1.82) is 0 Å². The number of hydrogen-bond acceptors (Lipinski definition) is 4. The van der Waals surface area contributed by atoms with Crippen molar-refractivity contribution in [1.82, 2.24) is 10.2 Å². The van der Waals surface area contributed by atoms with E-state index in [0.717, 1.165) is 12.8 Å². The average molecular weight is 568 g/mol. The molecule has 4 rings (SSSR count). The fraction of sp³-hybridized carbons (Fsp3) is 0.407. The molecule has 2 aromatic carbocycles. The Morgan fingerprint density at radius 1 is 0.897 bits per heavy atom. The lowest BCUT2D eigenvalue weighted by Crippen LogP contribution is -2.44. The second-order valence-corrected chi connectivity index (χ2v) is 9.78. The van der Waals surface area contributed by atoms with Crippen molar-refractivity contribution in [3.8, 4) is 0 Å². The zero-order valence-electron chi connectivity index (χ0n) is 21.0. The lowest BCUT2D eigenvalue weighted by molar-refractivity contribution is -0.192. The van der Waals surface area contributed by atoms with Crippen LogP contribution < -0.4 is 10.6 Å². The molecule has 2 fully saturated rings. The third-order valence-corrected chi connectivity index (χ3v) is 6.93. The van der Waals surface area contributed by atoms with Gasteiger partial charge < -0.3 is 20.6 Å². The Morgan fingerprint density at radius 3 is 2.00 bits per heavy atom. The summed E-state index contributed by atoms with van der Waals surface area (Å²) in [4.78, 5) is 48.5. The van der Waals surface area contributed by atoms with Gasteiger partial charge in [-0.3, -0.25) is 14.4 Å². The van der Waals surface area contributed by atoms with Crippen LogP contribution in [0.5, 0.6) is 0 Å². The quantitative estimate of drug-likeness (QED) is 0.463. The first-order valence-electron chi connectivity index (χ1n) is 12.5. The second-order valence-electron chi connectivity index (χ2n) is 9.37. The van der Waals surface area contributed by atoms with Crippen molar-refractivity contribution in [2.45, 2.75) is 50.7 Å². The number of rotatable bonds is 5. The molecule has 0 atom stereocenters. The maximum absolute atomic E-state index is 12.9. The fourth-order valence-corrected chi connectivity index (χ4v) is 4.68. The van der Waals surface area contributed by atoms with E-state index in [-0.39, 0.29) is 23.6 Å². The summed E-state index contributed by atoms with van der Waals surface area (Å²) in [5.41, 5.74) is 1.55. The highest BCUT2D eigenvalue weighted by Crippen LogP contribution is 2.23. The monoisotopic (exact) mass is 567 g/mol. The summed E-state index contributed by atoms with van der Waals surface area (Å²) in [7, 11) is 0. The molecule has 0 unspecified atom stereocenters. The predicted molar refractivity (Wildman–Crippen MR) is 139 cm³/mol. The molecule has 2 aromatic rings. The third kappa shape index (κ3) is 8.71. The summed E-state index contributed by atoms with van der Waals surface area (Å²) in [6.45, 7) is 1.15. The van der Waals surface area contributed by atoms with Gasteiger partial charge in [0.15, 0.2) is 0 Å². The van der Waals surface area contributed by atoms with Gasteiger partial charge in [0, 0.05) is 36.3 Å². The number of carbonyl (C=O) groups excluding carboxylic acids is 3. The molecule has 0 aromatic heterocycles. The number of alkyl halides is 3. The van der Waals surface area contributed by atoms with Gasteiger partial charge in [-0.1, -0.05) is 36.6 Å². The first-order valence-corrected chi connectivity index (χ1v) is 12.9. The zero-order valence-corrected chi connectivity index (χ0v) is 21.7. The zero-order chi connectivity index (χ0) is 28.6. The van der Waals surface area contributed by atoms with Gasteiger partial charge in [-0.05, 0) is 62.1 Å². The number of anilines is 1. The number of carbonyl (C=O) groups is 4. The summed E-state index contributed by atoms with van der Waals surface area (Å²) < 4.78 is 31.7. The topological polar surface area (TPSA) is 116 Å². The van der Waals surface area contributed by atoms with Crippen LogP contribution in [0.4, 0.5) is 18.9 Å². The molecule has 1 aliphatic carbocycles. The number of hydrogen-bond donors (Lipinski definition) is 3. The maximum atomic E-state index is 12.9. The molecule has 3 amide bonds.